The molecule has 0 radical (unpaired) electrons. The summed E-state index contributed by atoms with van der Waals surface area (Å²) in [6, 6.07) is 7.62. The zero-order chi connectivity index (χ0) is 21.2. The first-order valence-corrected chi connectivity index (χ1v) is 10.4. The van der Waals surface area contributed by atoms with Gasteiger partial charge in [0.15, 0.2) is 5.82 Å². The van der Waals surface area contributed by atoms with Crippen molar-refractivity contribution in [2.45, 2.75) is 58.9 Å². The van der Waals surface area contributed by atoms with Crippen molar-refractivity contribution in [2.75, 3.05) is 37.6 Å². The SMILES string of the molecule is CC(C)(C)c1ccc(N2CCN(CCn3nc(C(C)(C)C)ccc3=O)CC2)nn1. The predicted molar refractivity (Wildman–Crippen MR) is 117 cm³/mol. The number of nitrogens with zero attached hydrogens (tertiary/aromatic N) is 6. The molecule has 1 fully saturated rings. The summed E-state index contributed by atoms with van der Waals surface area (Å²) < 4.78 is 1.60. The minimum absolute atomic E-state index is 0.0145. The number of hydrogen-bond donors (Lipinski definition) is 0. The fraction of sp³-hybridized carbons (Fsp3) is 0.636. The van der Waals surface area contributed by atoms with Gasteiger partial charge < -0.3 is 4.90 Å². The van der Waals surface area contributed by atoms with Crippen LogP contribution in [-0.4, -0.2) is 57.6 Å². The lowest BCUT2D eigenvalue weighted by Crippen LogP contribution is -2.48. The molecular weight excluding hydrogens is 364 g/mol. The lowest BCUT2D eigenvalue weighted by molar-refractivity contribution is 0.241. The summed E-state index contributed by atoms with van der Waals surface area (Å²) in [6.45, 7) is 17.9. The third kappa shape index (κ3) is 5.41. The minimum Gasteiger partial charge on any atom is -0.353 e. The normalized spacial score (nSPS) is 16.3. The van der Waals surface area contributed by atoms with E-state index in [2.05, 4.69) is 78.8 Å². The van der Waals surface area contributed by atoms with Crippen LogP contribution in [0.2, 0.25) is 0 Å². The van der Waals surface area contributed by atoms with Crippen molar-refractivity contribution in [3.63, 3.8) is 0 Å². The van der Waals surface area contributed by atoms with Crippen molar-refractivity contribution >= 4 is 5.82 Å². The van der Waals surface area contributed by atoms with Gasteiger partial charge in [-0.05, 0) is 18.2 Å². The van der Waals surface area contributed by atoms with Crippen LogP contribution in [0.1, 0.15) is 52.9 Å². The third-order valence-corrected chi connectivity index (χ3v) is 5.38. The molecule has 2 aromatic heterocycles. The van der Waals surface area contributed by atoms with E-state index in [9.17, 15) is 4.79 Å². The summed E-state index contributed by atoms with van der Waals surface area (Å²) in [6.07, 6.45) is 0. The van der Waals surface area contributed by atoms with E-state index in [4.69, 9.17) is 0 Å². The van der Waals surface area contributed by atoms with E-state index in [-0.39, 0.29) is 16.4 Å². The highest BCUT2D eigenvalue weighted by molar-refractivity contribution is 5.38. The van der Waals surface area contributed by atoms with E-state index in [0.29, 0.717) is 6.54 Å². The Morgan fingerprint density at radius 2 is 1.41 bits per heavy atom. The third-order valence-electron chi connectivity index (χ3n) is 5.38. The Bertz CT molecular complexity index is 868. The van der Waals surface area contributed by atoms with E-state index in [1.54, 1.807) is 10.7 Å². The highest BCUT2D eigenvalue weighted by atomic mass is 16.1. The number of rotatable bonds is 4. The lowest BCUT2D eigenvalue weighted by atomic mass is 9.92. The van der Waals surface area contributed by atoms with Crippen LogP contribution in [0.15, 0.2) is 29.1 Å². The molecule has 0 atom stereocenters. The molecule has 7 nitrogen and oxygen atoms in total. The van der Waals surface area contributed by atoms with Crippen LogP contribution in [0.5, 0.6) is 0 Å². The molecule has 1 aliphatic rings. The molecule has 0 N–H and O–H groups in total. The number of piperazine rings is 1. The van der Waals surface area contributed by atoms with Crippen LogP contribution in [-0.2, 0) is 17.4 Å². The summed E-state index contributed by atoms with van der Waals surface area (Å²) in [5, 5.41) is 13.4. The summed E-state index contributed by atoms with van der Waals surface area (Å²) >= 11 is 0. The van der Waals surface area contributed by atoms with Gasteiger partial charge in [-0.1, -0.05) is 41.5 Å². The highest BCUT2D eigenvalue weighted by Gasteiger charge is 2.21. The van der Waals surface area contributed by atoms with Crippen molar-refractivity contribution in [1.82, 2.24) is 24.9 Å². The molecule has 3 rings (SSSR count). The molecule has 0 bridgehead atoms. The number of anilines is 1. The van der Waals surface area contributed by atoms with Gasteiger partial charge >= 0.3 is 0 Å². The molecule has 1 saturated heterocycles. The van der Waals surface area contributed by atoms with Gasteiger partial charge in [0.25, 0.3) is 5.56 Å². The molecule has 158 valence electrons. The molecular formula is C22H34N6O. The Morgan fingerprint density at radius 1 is 0.793 bits per heavy atom. The van der Waals surface area contributed by atoms with E-state index in [1.165, 1.54) is 0 Å². The van der Waals surface area contributed by atoms with Crippen molar-refractivity contribution in [3.05, 3.63) is 46.0 Å². The Kier molecular flexibility index (Phi) is 6.08. The van der Waals surface area contributed by atoms with Gasteiger partial charge in [0.1, 0.15) is 0 Å². The first kappa shape index (κ1) is 21.4. The Hall–Kier alpha value is -2.28. The maximum Gasteiger partial charge on any atom is 0.266 e. The van der Waals surface area contributed by atoms with Crippen molar-refractivity contribution in [3.8, 4) is 0 Å². The average Bonchev–Trinajstić information content (AvgIpc) is 2.66. The second kappa shape index (κ2) is 8.22. The fourth-order valence-corrected chi connectivity index (χ4v) is 3.34. The van der Waals surface area contributed by atoms with Crippen molar-refractivity contribution < 1.29 is 0 Å². The fourth-order valence-electron chi connectivity index (χ4n) is 3.34. The molecule has 0 amide bonds. The Balaban J connectivity index is 1.55. The second-order valence-electron chi connectivity index (χ2n) is 9.89. The van der Waals surface area contributed by atoms with E-state index in [0.717, 1.165) is 49.9 Å². The maximum absolute atomic E-state index is 12.2. The van der Waals surface area contributed by atoms with Gasteiger partial charge in [-0.15, -0.1) is 5.10 Å². The first-order valence-electron chi connectivity index (χ1n) is 10.4. The zero-order valence-electron chi connectivity index (χ0n) is 18.6. The van der Waals surface area contributed by atoms with Gasteiger partial charge in [0.2, 0.25) is 0 Å². The molecule has 0 saturated carbocycles. The van der Waals surface area contributed by atoms with Crippen LogP contribution in [0.25, 0.3) is 0 Å². The number of aromatic nitrogens is 4. The standard InChI is InChI=1S/C22H34N6O/c1-21(2,3)17-7-9-19(24-23-17)27-14-11-26(12-15-27)13-16-28-20(29)10-8-18(25-28)22(4,5)6/h7-10H,11-16H2,1-6H3. The maximum atomic E-state index is 12.2. The van der Waals surface area contributed by atoms with Gasteiger partial charge in [-0.3, -0.25) is 9.69 Å². The molecule has 1 aliphatic heterocycles. The monoisotopic (exact) mass is 398 g/mol. The van der Waals surface area contributed by atoms with Gasteiger partial charge in [0.05, 0.1) is 17.9 Å². The first-order chi connectivity index (χ1) is 13.5. The molecule has 0 aliphatic carbocycles. The smallest absolute Gasteiger partial charge is 0.266 e. The van der Waals surface area contributed by atoms with E-state index < -0.39 is 0 Å². The van der Waals surface area contributed by atoms with E-state index >= 15 is 0 Å². The van der Waals surface area contributed by atoms with Crippen LogP contribution in [0.3, 0.4) is 0 Å². The molecule has 29 heavy (non-hydrogen) atoms. The molecule has 0 aromatic carbocycles. The van der Waals surface area contributed by atoms with Crippen LogP contribution >= 0.6 is 0 Å². The summed E-state index contributed by atoms with van der Waals surface area (Å²) in [5.41, 5.74) is 1.87. The Morgan fingerprint density at radius 3 is 1.97 bits per heavy atom. The molecule has 0 unspecified atom stereocenters. The van der Waals surface area contributed by atoms with Crippen LogP contribution in [0, 0.1) is 0 Å². The lowest BCUT2D eigenvalue weighted by Gasteiger charge is -2.35. The van der Waals surface area contributed by atoms with Gasteiger partial charge in [-0.25, -0.2) is 4.68 Å². The zero-order valence-corrected chi connectivity index (χ0v) is 18.6. The highest BCUT2D eigenvalue weighted by Crippen LogP contribution is 2.21. The van der Waals surface area contributed by atoms with Crippen molar-refractivity contribution in [2.24, 2.45) is 0 Å². The molecule has 7 heteroatoms. The molecule has 2 aromatic rings. The van der Waals surface area contributed by atoms with Crippen LogP contribution in [0.4, 0.5) is 5.82 Å². The summed E-state index contributed by atoms with van der Waals surface area (Å²) in [5.74, 6) is 0.938. The van der Waals surface area contributed by atoms with E-state index in [1.807, 2.05) is 6.07 Å². The average molecular weight is 399 g/mol. The van der Waals surface area contributed by atoms with Crippen LogP contribution < -0.4 is 10.5 Å². The largest absolute Gasteiger partial charge is 0.353 e. The molecule has 0 spiro atoms. The van der Waals surface area contributed by atoms with Gasteiger partial charge in [0, 0.05) is 49.6 Å². The van der Waals surface area contributed by atoms with Crippen molar-refractivity contribution in [1.29, 1.82) is 0 Å². The topological polar surface area (TPSA) is 67.2 Å². The minimum atomic E-state index is -0.0648. The second-order valence-corrected chi connectivity index (χ2v) is 9.89. The van der Waals surface area contributed by atoms with Gasteiger partial charge in [-0.2, -0.15) is 10.2 Å². The summed E-state index contributed by atoms with van der Waals surface area (Å²) in [7, 11) is 0. The Labute approximate surface area is 173 Å². The number of hydrogen-bond acceptors (Lipinski definition) is 6. The quantitative estimate of drug-likeness (QED) is 0.788. The summed E-state index contributed by atoms with van der Waals surface area (Å²) in [4.78, 5) is 16.8. The predicted octanol–water partition coefficient (Wildman–Crippen LogP) is 2.45. The molecule has 3 heterocycles.